The highest BCUT2D eigenvalue weighted by molar-refractivity contribution is 6.01. The summed E-state index contributed by atoms with van der Waals surface area (Å²) < 4.78 is 10.0. The third kappa shape index (κ3) is 4.87. The first kappa shape index (κ1) is 14.4. The fourth-order valence-electron chi connectivity index (χ4n) is 1.51. The number of hydrogen-bond donors (Lipinski definition) is 2. The van der Waals surface area contributed by atoms with Crippen LogP contribution in [0.15, 0.2) is 53.2 Å². The minimum atomic E-state index is -1.05. The fraction of sp³-hybridized carbons (Fsp3) is 0.0667. The summed E-state index contributed by atoms with van der Waals surface area (Å²) in [6, 6.07) is 9.86. The zero-order valence-corrected chi connectivity index (χ0v) is 11.0. The van der Waals surface area contributed by atoms with E-state index in [1.807, 2.05) is 0 Å². The van der Waals surface area contributed by atoms with E-state index in [2.05, 4.69) is 5.32 Å². The van der Waals surface area contributed by atoms with Crippen molar-refractivity contribution in [1.82, 2.24) is 0 Å². The van der Waals surface area contributed by atoms with Crippen LogP contribution in [0.5, 0.6) is 5.75 Å². The molecular formula is C15H13NO5. The molecule has 0 aliphatic heterocycles. The summed E-state index contributed by atoms with van der Waals surface area (Å²) in [5.74, 6) is -0.342. The molecule has 0 unspecified atom stereocenters. The van der Waals surface area contributed by atoms with Gasteiger partial charge in [-0.1, -0.05) is 0 Å². The number of carbonyl (C=O) groups excluding carboxylic acids is 1. The molecule has 1 amide bonds. The minimum Gasteiger partial charge on any atom is -0.482 e. The minimum absolute atomic E-state index is 0.300. The van der Waals surface area contributed by atoms with Crippen LogP contribution in [0.4, 0.5) is 5.69 Å². The number of hydrogen-bond acceptors (Lipinski definition) is 4. The number of anilines is 1. The Morgan fingerprint density at radius 1 is 1.24 bits per heavy atom. The van der Waals surface area contributed by atoms with E-state index in [-0.39, 0.29) is 5.91 Å². The number of ether oxygens (including phenoxy) is 1. The Labute approximate surface area is 120 Å². The molecule has 108 valence electrons. The molecule has 0 atom stereocenters. The first-order valence-electron chi connectivity index (χ1n) is 6.11. The van der Waals surface area contributed by atoms with Crippen molar-refractivity contribution in [2.24, 2.45) is 0 Å². The van der Waals surface area contributed by atoms with E-state index in [1.54, 1.807) is 42.5 Å². The van der Waals surface area contributed by atoms with E-state index in [1.165, 1.54) is 12.3 Å². The number of rotatable bonds is 6. The highest BCUT2D eigenvalue weighted by Crippen LogP contribution is 2.15. The molecule has 0 spiro atoms. The Hall–Kier alpha value is -3.02. The zero-order chi connectivity index (χ0) is 15.1. The predicted octanol–water partition coefficient (Wildman–Crippen LogP) is 2.39. The van der Waals surface area contributed by atoms with Gasteiger partial charge in [-0.25, -0.2) is 4.79 Å². The Morgan fingerprint density at radius 2 is 2.00 bits per heavy atom. The van der Waals surface area contributed by atoms with Crippen LogP contribution in [0, 0.1) is 0 Å². The maximum Gasteiger partial charge on any atom is 0.341 e. The molecule has 1 aromatic heterocycles. The lowest BCUT2D eigenvalue weighted by atomic mass is 10.3. The maximum absolute atomic E-state index is 11.7. The van der Waals surface area contributed by atoms with Gasteiger partial charge in [0.1, 0.15) is 11.5 Å². The van der Waals surface area contributed by atoms with Crippen LogP contribution in [-0.4, -0.2) is 23.6 Å². The van der Waals surface area contributed by atoms with Crippen LogP contribution >= 0.6 is 0 Å². The molecule has 2 aromatic rings. The monoisotopic (exact) mass is 287 g/mol. The Balaban J connectivity index is 1.87. The first-order chi connectivity index (χ1) is 10.1. The van der Waals surface area contributed by atoms with E-state index in [4.69, 9.17) is 14.3 Å². The van der Waals surface area contributed by atoms with Crippen molar-refractivity contribution in [1.29, 1.82) is 0 Å². The summed E-state index contributed by atoms with van der Waals surface area (Å²) in [7, 11) is 0. The number of carboxylic acid groups (broad SMARTS) is 1. The summed E-state index contributed by atoms with van der Waals surface area (Å²) in [4.78, 5) is 22.0. The molecule has 1 heterocycles. The fourth-order valence-corrected chi connectivity index (χ4v) is 1.51. The van der Waals surface area contributed by atoms with Crippen molar-refractivity contribution in [3.05, 3.63) is 54.5 Å². The van der Waals surface area contributed by atoms with Gasteiger partial charge >= 0.3 is 5.97 Å². The Morgan fingerprint density at radius 3 is 2.62 bits per heavy atom. The van der Waals surface area contributed by atoms with Gasteiger partial charge in [0.15, 0.2) is 6.61 Å². The normalized spacial score (nSPS) is 10.5. The molecular weight excluding hydrogens is 274 g/mol. The molecule has 0 fully saturated rings. The van der Waals surface area contributed by atoms with E-state index >= 15 is 0 Å². The van der Waals surface area contributed by atoms with Crippen molar-refractivity contribution >= 4 is 23.6 Å². The van der Waals surface area contributed by atoms with Crippen molar-refractivity contribution in [2.45, 2.75) is 0 Å². The molecule has 0 aliphatic rings. The first-order valence-corrected chi connectivity index (χ1v) is 6.11. The summed E-state index contributed by atoms with van der Waals surface area (Å²) in [5, 5.41) is 11.1. The van der Waals surface area contributed by atoms with E-state index in [0.717, 1.165) is 0 Å². The molecule has 2 rings (SSSR count). The maximum atomic E-state index is 11.7. The number of amides is 1. The molecule has 0 radical (unpaired) electrons. The topological polar surface area (TPSA) is 88.8 Å². The van der Waals surface area contributed by atoms with Crippen LogP contribution in [0.2, 0.25) is 0 Å². The second-order valence-corrected chi connectivity index (χ2v) is 4.04. The lowest BCUT2D eigenvalue weighted by Crippen LogP contribution is -2.10. The van der Waals surface area contributed by atoms with Crippen LogP contribution < -0.4 is 10.1 Å². The lowest BCUT2D eigenvalue weighted by Gasteiger charge is -2.05. The predicted molar refractivity (Wildman–Crippen MR) is 75.9 cm³/mol. The van der Waals surface area contributed by atoms with Gasteiger partial charge < -0.3 is 19.6 Å². The third-order valence-corrected chi connectivity index (χ3v) is 2.43. The molecule has 6 nitrogen and oxygen atoms in total. The highest BCUT2D eigenvalue weighted by Gasteiger charge is 2.01. The van der Waals surface area contributed by atoms with Gasteiger partial charge in [-0.15, -0.1) is 0 Å². The third-order valence-electron chi connectivity index (χ3n) is 2.43. The van der Waals surface area contributed by atoms with Gasteiger partial charge in [0.25, 0.3) is 0 Å². The Kier molecular flexibility index (Phi) is 4.76. The summed E-state index contributed by atoms with van der Waals surface area (Å²) in [6.07, 6.45) is 4.43. The average molecular weight is 287 g/mol. The van der Waals surface area contributed by atoms with Crippen LogP contribution in [-0.2, 0) is 9.59 Å². The summed E-state index contributed by atoms with van der Waals surface area (Å²) in [6.45, 7) is -0.405. The van der Waals surface area contributed by atoms with Gasteiger partial charge in [-0.2, -0.15) is 0 Å². The molecule has 2 N–H and O–H groups in total. The van der Waals surface area contributed by atoms with Crippen molar-refractivity contribution in [3.63, 3.8) is 0 Å². The van der Waals surface area contributed by atoms with E-state index in [0.29, 0.717) is 17.2 Å². The number of nitrogens with one attached hydrogen (secondary N) is 1. The van der Waals surface area contributed by atoms with Gasteiger partial charge in [0.05, 0.1) is 6.26 Å². The standard InChI is InChI=1S/C15H13NO5/c17-14(8-7-12-2-1-9-20-12)16-11-3-5-13(6-4-11)21-10-15(18)19/h1-9H,10H2,(H,16,17)(H,18,19)/b8-7-. The Bertz CT molecular complexity index is 629. The summed E-state index contributed by atoms with van der Waals surface area (Å²) in [5.41, 5.74) is 0.576. The van der Waals surface area contributed by atoms with Gasteiger partial charge in [-0.05, 0) is 42.5 Å². The van der Waals surface area contributed by atoms with Crippen LogP contribution in [0.25, 0.3) is 6.08 Å². The largest absolute Gasteiger partial charge is 0.482 e. The number of carboxylic acids is 1. The molecule has 0 saturated heterocycles. The average Bonchev–Trinajstić information content (AvgIpc) is 2.98. The van der Waals surface area contributed by atoms with Crippen LogP contribution in [0.3, 0.4) is 0 Å². The summed E-state index contributed by atoms with van der Waals surface area (Å²) >= 11 is 0. The molecule has 0 bridgehead atoms. The highest BCUT2D eigenvalue weighted by atomic mass is 16.5. The molecule has 6 heteroatoms. The second-order valence-electron chi connectivity index (χ2n) is 4.04. The molecule has 0 aliphatic carbocycles. The van der Waals surface area contributed by atoms with Crippen molar-refractivity contribution < 1.29 is 23.8 Å². The van der Waals surface area contributed by atoms with Gasteiger partial charge in [0, 0.05) is 11.8 Å². The zero-order valence-electron chi connectivity index (χ0n) is 11.0. The smallest absolute Gasteiger partial charge is 0.341 e. The molecule has 21 heavy (non-hydrogen) atoms. The molecule has 0 saturated carbocycles. The quantitative estimate of drug-likeness (QED) is 0.796. The SMILES string of the molecule is O=C(O)COc1ccc(NC(=O)/C=C\c2ccco2)cc1. The number of carbonyl (C=O) groups is 2. The van der Waals surface area contributed by atoms with Crippen molar-refractivity contribution in [3.8, 4) is 5.75 Å². The second kappa shape index (κ2) is 6.95. The molecule has 1 aromatic carbocycles. The van der Waals surface area contributed by atoms with Crippen molar-refractivity contribution in [2.75, 3.05) is 11.9 Å². The van der Waals surface area contributed by atoms with Gasteiger partial charge in [-0.3, -0.25) is 4.79 Å². The van der Waals surface area contributed by atoms with Crippen LogP contribution in [0.1, 0.15) is 5.76 Å². The number of furan rings is 1. The van der Waals surface area contributed by atoms with E-state index < -0.39 is 12.6 Å². The number of aliphatic carboxylic acids is 1. The van der Waals surface area contributed by atoms with Gasteiger partial charge in [0.2, 0.25) is 5.91 Å². The van der Waals surface area contributed by atoms with E-state index in [9.17, 15) is 9.59 Å². The lowest BCUT2D eigenvalue weighted by molar-refractivity contribution is -0.139. The number of benzene rings is 1.